The van der Waals surface area contributed by atoms with Crippen LogP contribution in [0.1, 0.15) is 25.3 Å². The van der Waals surface area contributed by atoms with E-state index in [-0.39, 0.29) is 17.8 Å². The summed E-state index contributed by atoms with van der Waals surface area (Å²) in [6, 6.07) is 10.3. The molecule has 0 amide bonds. The summed E-state index contributed by atoms with van der Waals surface area (Å²) in [6.07, 6.45) is 5.20. The van der Waals surface area contributed by atoms with Crippen LogP contribution in [0.4, 0.5) is 11.8 Å². The van der Waals surface area contributed by atoms with Crippen LogP contribution >= 0.6 is 0 Å². The fourth-order valence-electron chi connectivity index (χ4n) is 2.96. The van der Waals surface area contributed by atoms with Crippen molar-refractivity contribution in [2.75, 3.05) is 18.1 Å². The Morgan fingerprint density at radius 2 is 1.76 bits per heavy atom. The van der Waals surface area contributed by atoms with Gasteiger partial charge in [-0.1, -0.05) is 43.7 Å². The van der Waals surface area contributed by atoms with Crippen molar-refractivity contribution in [3.63, 3.8) is 0 Å². The first-order valence-corrected chi connectivity index (χ1v) is 9.44. The Labute approximate surface area is 167 Å². The van der Waals surface area contributed by atoms with E-state index in [0.29, 0.717) is 35.7 Å². The summed E-state index contributed by atoms with van der Waals surface area (Å²) in [5.41, 5.74) is 14.7. The van der Waals surface area contributed by atoms with Crippen LogP contribution in [0.2, 0.25) is 0 Å². The van der Waals surface area contributed by atoms with E-state index in [1.165, 1.54) is 0 Å². The third-order valence-electron chi connectivity index (χ3n) is 4.44. The number of nitrogens with two attached hydrogens (primary N) is 2. The molecule has 4 N–H and O–H groups in total. The molecule has 9 heteroatoms. The lowest BCUT2D eigenvalue weighted by molar-refractivity contribution is 0.286. The summed E-state index contributed by atoms with van der Waals surface area (Å²) in [7, 11) is 0. The number of hydrogen-bond donors (Lipinski definition) is 2. The van der Waals surface area contributed by atoms with Gasteiger partial charge in [-0.15, -0.1) is 0 Å². The van der Waals surface area contributed by atoms with E-state index < -0.39 is 0 Å². The van der Waals surface area contributed by atoms with Crippen molar-refractivity contribution < 1.29 is 4.74 Å². The predicted molar refractivity (Wildman–Crippen MR) is 111 cm³/mol. The van der Waals surface area contributed by atoms with E-state index in [2.05, 4.69) is 31.8 Å². The van der Waals surface area contributed by atoms with Crippen molar-refractivity contribution in [1.82, 2.24) is 29.5 Å². The zero-order valence-corrected chi connectivity index (χ0v) is 16.1. The fourth-order valence-corrected chi connectivity index (χ4v) is 2.96. The number of unbranched alkanes of at least 4 members (excludes halogenated alkanes) is 1. The Hall–Kier alpha value is -3.75. The van der Waals surface area contributed by atoms with Gasteiger partial charge in [-0.05, 0) is 12.0 Å². The highest BCUT2D eigenvalue weighted by molar-refractivity contribution is 5.85. The summed E-state index contributed by atoms with van der Waals surface area (Å²) in [6.45, 7) is 3.17. The zero-order valence-electron chi connectivity index (χ0n) is 16.1. The van der Waals surface area contributed by atoms with Gasteiger partial charge in [0.05, 0.1) is 18.7 Å². The lowest BCUT2D eigenvalue weighted by Gasteiger charge is -2.10. The second-order valence-corrected chi connectivity index (χ2v) is 6.60. The van der Waals surface area contributed by atoms with Crippen molar-refractivity contribution in [2.24, 2.45) is 0 Å². The molecule has 0 bridgehead atoms. The molecule has 0 aliphatic heterocycles. The first-order chi connectivity index (χ1) is 14.2. The van der Waals surface area contributed by atoms with Gasteiger partial charge in [0.15, 0.2) is 17.0 Å². The van der Waals surface area contributed by atoms with Crippen LogP contribution in [0.3, 0.4) is 0 Å². The lowest BCUT2D eigenvalue weighted by Crippen LogP contribution is -2.07. The molecule has 3 aromatic heterocycles. The molecular formula is C20H22N8O. The second kappa shape index (κ2) is 8.09. The topological polar surface area (TPSA) is 131 Å². The maximum atomic E-state index is 6.18. The summed E-state index contributed by atoms with van der Waals surface area (Å²) in [5, 5.41) is 0. The first kappa shape index (κ1) is 18.6. The van der Waals surface area contributed by atoms with Crippen LogP contribution in [-0.4, -0.2) is 36.1 Å². The Bertz CT molecular complexity index is 1110. The van der Waals surface area contributed by atoms with E-state index in [0.717, 1.165) is 18.4 Å². The Morgan fingerprint density at radius 3 is 2.48 bits per heavy atom. The van der Waals surface area contributed by atoms with Gasteiger partial charge in [0.2, 0.25) is 5.95 Å². The molecule has 4 aromatic rings. The van der Waals surface area contributed by atoms with Crippen LogP contribution in [0.25, 0.3) is 22.6 Å². The fraction of sp³-hybridized carbons (Fsp3) is 0.250. The molecule has 0 atom stereocenters. The van der Waals surface area contributed by atoms with E-state index in [9.17, 15) is 0 Å². The number of imidazole rings is 1. The highest BCUT2D eigenvalue weighted by Crippen LogP contribution is 2.28. The monoisotopic (exact) mass is 390 g/mol. The number of fused-ring (bicyclic) bond motifs is 1. The van der Waals surface area contributed by atoms with Gasteiger partial charge in [-0.3, -0.25) is 0 Å². The number of nitrogen functional groups attached to an aromatic ring is 2. The van der Waals surface area contributed by atoms with Crippen molar-refractivity contribution in [3.05, 3.63) is 48.3 Å². The number of hydrogen-bond acceptors (Lipinski definition) is 8. The molecule has 0 aliphatic carbocycles. The summed E-state index contributed by atoms with van der Waals surface area (Å²) in [5.74, 6) is 1.10. The van der Waals surface area contributed by atoms with E-state index >= 15 is 0 Å². The Morgan fingerprint density at radius 1 is 1.00 bits per heavy atom. The molecule has 3 heterocycles. The Kier molecular flexibility index (Phi) is 5.19. The van der Waals surface area contributed by atoms with Crippen LogP contribution in [0.5, 0.6) is 6.01 Å². The third kappa shape index (κ3) is 3.93. The van der Waals surface area contributed by atoms with E-state index in [4.69, 9.17) is 16.2 Å². The van der Waals surface area contributed by atoms with E-state index in [1.54, 1.807) is 12.4 Å². The molecule has 0 saturated heterocycles. The predicted octanol–water partition coefficient (Wildman–Crippen LogP) is 2.67. The standard InChI is InChI=1S/C20H22N8O/c1-2-3-9-29-20-26-16(21)15-18(27-20)28(12-13-7-5-4-6-8-13)17(25-15)14-10-23-19(22)24-11-14/h4-8,10-11H,2-3,9,12H2,1H3,(H2,21,26,27)(H2,22,23,24). The molecule has 0 radical (unpaired) electrons. The third-order valence-corrected chi connectivity index (χ3v) is 4.44. The molecule has 29 heavy (non-hydrogen) atoms. The normalized spacial score (nSPS) is 11.1. The summed E-state index contributed by atoms with van der Waals surface area (Å²) >= 11 is 0. The van der Waals surface area contributed by atoms with Crippen molar-refractivity contribution in [1.29, 1.82) is 0 Å². The minimum absolute atomic E-state index is 0.199. The molecule has 0 aliphatic rings. The number of aromatic nitrogens is 6. The van der Waals surface area contributed by atoms with Gasteiger partial charge in [0, 0.05) is 12.4 Å². The molecule has 148 valence electrons. The minimum Gasteiger partial charge on any atom is -0.463 e. The zero-order chi connectivity index (χ0) is 20.2. The Balaban J connectivity index is 1.85. The van der Waals surface area contributed by atoms with Crippen molar-refractivity contribution in [3.8, 4) is 17.4 Å². The number of rotatable bonds is 7. The van der Waals surface area contributed by atoms with Crippen LogP contribution in [0.15, 0.2) is 42.7 Å². The van der Waals surface area contributed by atoms with Gasteiger partial charge in [0.1, 0.15) is 5.82 Å². The van der Waals surface area contributed by atoms with Crippen molar-refractivity contribution >= 4 is 22.9 Å². The largest absolute Gasteiger partial charge is 0.463 e. The van der Waals surface area contributed by atoms with Crippen LogP contribution in [-0.2, 0) is 6.54 Å². The first-order valence-electron chi connectivity index (χ1n) is 9.44. The van der Waals surface area contributed by atoms with E-state index in [1.807, 2.05) is 34.9 Å². The molecule has 0 fully saturated rings. The molecule has 4 rings (SSSR count). The highest BCUT2D eigenvalue weighted by atomic mass is 16.5. The highest BCUT2D eigenvalue weighted by Gasteiger charge is 2.19. The quantitative estimate of drug-likeness (QED) is 0.461. The number of benzene rings is 1. The maximum absolute atomic E-state index is 6.18. The van der Waals surface area contributed by atoms with Gasteiger partial charge in [-0.25, -0.2) is 15.0 Å². The SMILES string of the molecule is CCCCOc1nc(N)c2nc(-c3cnc(N)nc3)n(Cc3ccccc3)c2n1. The summed E-state index contributed by atoms with van der Waals surface area (Å²) in [4.78, 5) is 21.7. The number of nitrogens with zero attached hydrogens (tertiary/aromatic N) is 6. The minimum atomic E-state index is 0.199. The second-order valence-electron chi connectivity index (χ2n) is 6.60. The average Bonchev–Trinajstić information content (AvgIpc) is 3.09. The summed E-state index contributed by atoms with van der Waals surface area (Å²) < 4.78 is 7.65. The maximum Gasteiger partial charge on any atom is 0.320 e. The number of ether oxygens (including phenoxy) is 1. The smallest absolute Gasteiger partial charge is 0.320 e. The van der Waals surface area contributed by atoms with Gasteiger partial charge < -0.3 is 20.8 Å². The van der Waals surface area contributed by atoms with Gasteiger partial charge in [0.25, 0.3) is 0 Å². The van der Waals surface area contributed by atoms with Crippen LogP contribution < -0.4 is 16.2 Å². The molecule has 0 saturated carbocycles. The van der Waals surface area contributed by atoms with Crippen LogP contribution in [0, 0.1) is 0 Å². The molecule has 0 spiro atoms. The van der Waals surface area contributed by atoms with Gasteiger partial charge >= 0.3 is 6.01 Å². The molecular weight excluding hydrogens is 368 g/mol. The van der Waals surface area contributed by atoms with Gasteiger partial charge in [-0.2, -0.15) is 9.97 Å². The molecule has 0 unspecified atom stereocenters. The van der Waals surface area contributed by atoms with Crippen molar-refractivity contribution in [2.45, 2.75) is 26.3 Å². The molecule has 1 aromatic carbocycles. The lowest BCUT2D eigenvalue weighted by atomic mass is 10.2. The average molecular weight is 390 g/mol. The number of anilines is 2. The molecule has 9 nitrogen and oxygen atoms in total.